The first-order valence-electron chi connectivity index (χ1n) is 8.03. The third-order valence-corrected chi connectivity index (χ3v) is 3.86. The Hall–Kier alpha value is -2.99. The first-order valence-corrected chi connectivity index (χ1v) is 8.03. The molecule has 0 aliphatic carbocycles. The van der Waals surface area contributed by atoms with Crippen LogP contribution >= 0.6 is 0 Å². The number of nitrogens with zero attached hydrogens (tertiary/aromatic N) is 2. The molecule has 6 nitrogen and oxygen atoms in total. The van der Waals surface area contributed by atoms with Gasteiger partial charge in [-0.15, -0.1) is 0 Å². The molecule has 1 aromatic carbocycles. The number of hydrogen-bond donors (Lipinski definition) is 2. The van der Waals surface area contributed by atoms with E-state index >= 15 is 0 Å². The monoisotopic (exact) mass is 336 g/mol. The zero-order chi connectivity index (χ0) is 17.8. The Morgan fingerprint density at radius 3 is 2.80 bits per heavy atom. The van der Waals surface area contributed by atoms with E-state index in [-0.39, 0.29) is 18.0 Å². The highest BCUT2D eigenvalue weighted by atomic mass is 16.2. The maximum Gasteiger partial charge on any atom is 0.252 e. The zero-order valence-electron chi connectivity index (χ0n) is 14.2. The van der Waals surface area contributed by atoms with Crippen LogP contribution in [0.25, 0.3) is 10.9 Å². The highest BCUT2D eigenvalue weighted by molar-refractivity contribution is 5.91. The van der Waals surface area contributed by atoms with E-state index < -0.39 is 0 Å². The normalized spacial score (nSPS) is 11.0. The Morgan fingerprint density at radius 2 is 2.04 bits per heavy atom. The molecule has 25 heavy (non-hydrogen) atoms. The standard InChI is InChI=1S/C19H20N4O2/c1-13-7-8-17(20-10-13)22-18(24)12-23(2)11-15-9-14-5-3-4-6-16(14)21-19(15)25/h3-10H,11-12H2,1-2H3,(H,21,25)(H,20,22,24). The minimum Gasteiger partial charge on any atom is -0.322 e. The number of benzene rings is 1. The number of hydrogen-bond acceptors (Lipinski definition) is 4. The van der Waals surface area contributed by atoms with E-state index in [2.05, 4.69) is 15.3 Å². The summed E-state index contributed by atoms with van der Waals surface area (Å²) >= 11 is 0. The van der Waals surface area contributed by atoms with E-state index in [0.29, 0.717) is 17.9 Å². The molecule has 0 spiro atoms. The van der Waals surface area contributed by atoms with Crippen molar-refractivity contribution < 1.29 is 4.79 Å². The van der Waals surface area contributed by atoms with E-state index in [1.807, 2.05) is 43.3 Å². The van der Waals surface area contributed by atoms with Crippen molar-refractivity contribution in [1.29, 1.82) is 0 Å². The van der Waals surface area contributed by atoms with Gasteiger partial charge in [-0.2, -0.15) is 0 Å². The first-order chi connectivity index (χ1) is 12.0. The molecule has 6 heteroatoms. The van der Waals surface area contributed by atoms with E-state index in [0.717, 1.165) is 16.5 Å². The minimum absolute atomic E-state index is 0.133. The molecule has 0 fully saturated rings. The highest BCUT2D eigenvalue weighted by Crippen LogP contribution is 2.11. The van der Waals surface area contributed by atoms with Crippen LogP contribution in [0.2, 0.25) is 0 Å². The number of rotatable bonds is 5. The molecule has 0 aliphatic heterocycles. The number of anilines is 1. The van der Waals surface area contributed by atoms with Gasteiger partial charge >= 0.3 is 0 Å². The summed E-state index contributed by atoms with van der Waals surface area (Å²) in [5.41, 5.74) is 2.33. The van der Waals surface area contributed by atoms with Crippen molar-refractivity contribution >= 4 is 22.6 Å². The molecule has 2 aromatic heterocycles. The van der Waals surface area contributed by atoms with Crippen molar-refractivity contribution in [2.45, 2.75) is 13.5 Å². The van der Waals surface area contributed by atoms with Crippen LogP contribution in [0, 0.1) is 6.92 Å². The molecule has 3 aromatic rings. The van der Waals surface area contributed by atoms with Crippen molar-refractivity contribution in [3.8, 4) is 0 Å². The maximum atomic E-state index is 12.2. The number of likely N-dealkylation sites (N-methyl/N-ethyl adjacent to an activating group) is 1. The number of carbonyl (C=O) groups excluding carboxylic acids is 1. The van der Waals surface area contributed by atoms with Crippen LogP contribution < -0.4 is 10.9 Å². The zero-order valence-corrected chi connectivity index (χ0v) is 14.2. The highest BCUT2D eigenvalue weighted by Gasteiger charge is 2.11. The molecule has 0 saturated carbocycles. The molecule has 0 aliphatic rings. The lowest BCUT2D eigenvalue weighted by atomic mass is 10.1. The van der Waals surface area contributed by atoms with Gasteiger partial charge in [0.15, 0.2) is 0 Å². The number of para-hydroxylation sites is 1. The molecule has 0 bridgehead atoms. The van der Waals surface area contributed by atoms with Gasteiger partial charge < -0.3 is 10.3 Å². The van der Waals surface area contributed by atoms with Crippen molar-refractivity contribution in [3.05, 3.63) is 70.1 Å². The fourth-order valence-electron chi connectivity index (χ4n) is 2.63. The molecule has 0 saturated heterocycles. The van der Waals surface area contributed by atoms with Gasteiger partial charge in [0.25, 0.3) is 5.56 Å². The Balaban J connectivity index is 1.64. The minimum atomic E-state index is -0.170. The SMILES string of the molecule is Cc1ccc(NC(=O)CN(C)Cc2cc3ccccc3[nH]c2=O)nc1. The number of aromatic amines is 1. The number of aromatic nitrogens is 2. The van der Waals surface area contributed by atoms with Gasteiger partial charge in [-0.3, -0.25) is 14.5 Å². The van der Waals surface area contributed by atoms with Crippen LogP contribution in [0.1, 0.15) is 11.1 Å². The second kappa shape index (κ2) is 7.27. The molecule has 0 atom stereocenters. The Morgan fingerprint density at radius 1 is 1.24 bits per heavy atom. The Labute approximate surface area is 145 Å². The van der Waals surface area contributed by atoms with Crippen LogP contribution in [0.5, 0.6) is 0 Å². The Kier molecular flexibility index (Phi) is 4.90. The lowest BCUT2D eigenvalue weighted by Gasteiger charge is -2.16. The van der Waals surface area contributed by atoms with Crippen LogP contribution in [-0.2, 0) is 11.3 Å². The number of carbonyl (C=O) groups is 1. The summed E-state index contributed by atoms with van der Waals surface area (Å²) in [6, 6.07) is 13.1. The summed E-state index contributed by atoms with van der Waals surface area (Å²) in [6.07, 6.45) is 1.70. The maximum absolute atomic E-state index is 12.2. The number of H-pyrrole nitrogens is 1. The molecular weight excluding hydrogens is 316 g/mol. The van der Waals surface area contributed by atoms with E-state index in [1.54, 1.807) is 24.2 Å². The van der Waals surface area contributed by atoms with Crippen LogP contribution in [0.15, 0.2) is 53.5 Å². The van der Waals surface area contributed by atoms with E-state index in [9.17, 15) is 9.59 Å². The summed E-state index contributed by atoms with van der Waals surface area (Å²) in [5.74, 6) is 0.351. The predicted molar refractivity (Wildman–Crippen MR) is 98.5 cm³/mol. The predicted octanol–water partition coefficient (Wildman–Crippen LogP) is 2.30. The van der Waals surface area contributed by atoms with E-state index in [4.69, 9.17) is 0 Å². The summed E-state index contributed by atoms with van der Waals surface area (Å²) in [6.45, 7) is 2.49. The van der Waals surface area contributed by atoms with Crippen molar-refractivity contribution in [3.63, 3.8) is 0 Å². The largest absolute Gasteiger partial charge is 0.322 e. The second-order valence-corrected chi connectivity index (χ2v) is 6.15. The van der Waals surface area contributed by atoms with Crippen molar-refractivity contribution in [2.24, 2.45) is 0 Å². The second-order valence-electron chi connectivity index (χ2n) is 6.15. The van der Waals surface area contributed by atoms with Gasteiger partial charge in [0, 0.05) is 23.8 Å². The number of fused-ring (bicyclic) bond motifs is 1. The lowest BCUT2D eigenvalue weighted by Crippen LogP contribution is -2.31. The molecule has 0 radical (unpaired) electrons. The molecule has 128 valence electrons. The average molecular weight is 336 g/mol. The van der Waals surface area contributed by atoms with Crippen LogP contribution in [0.4, 0.5) is 5.82 Å². The van der Waals surface area contributed by atoms with Gasteiger partial charge in [0.2, 0.25) is 5.91 Å². The van der Waals surface area contributed by atoms with Crippen LogP contribution in [0.3, 0.4) is 0 Å². The molecule has 0 unspecified atom stereocenters. The summed E-state index contributed by atoms with van der Waals surface area (Å²) in [7, 11) is 1.80. The summed E-state index contributed by atoms with van der Waals surface area (Å²) < 4.78 is 0. The third-order valence-electron chi connectivity index (χ3n) is 3.86. The van der Waals surface area contributed by atoms with Crippen molar-refractivity contribution in [1.82, 2.24) is 14.9 Å². The van der Waals surface area contributed by atoms with Gasteiger partial charge in [-0.25, -0.2) is 4.98 Å². The molecule has 2 heterocycles. The van der Waals surface area contributed by atoms with E-state index in [1.165, 1.54) is 0 Å². The molecule has 2 N–H and O–H groups in total. The lowest BCUT2D eigenvalue weighted by molar-refractivity contribution is -0.117. The summed E-state index contributed by atoms with van der Waals surface area (Å²) in [5, 5.41) is 3.72. The number of pyridine rings is 2. The first kappa shape index (κ1) is 16.9. The number of aryl methyl sites for hydroxylation is 1. The third kappa shape index (κ3) is 4.30. The fraction of sp³-hybridized carbons (Fsp3) is 0.211. The smallest absolute Gasteiger partial charge is 0.252 e. The molecule has 1 amide bonds. The summed E-state index contributed by atoms with van der Waals surface area (Å²) in [4.78, 5) is 33.1. The number of amides is 1. The molecular formula is C19H20N4O2. The average Bonchev–Trinajstić information content (AvgIpc) is 2.57. The molecule has 3 rings (SSSR count). The van der Waals surface area contributed by atoms with Gasteiger partial charge in [-0.1, -0.05) is 24.3 Å². The quantitative estimate of drug-likeness (QED) is 0.749. The Bertz CT molecular complexity index is 948. The van der Waals surface area contributed by atoms with Gasteiger partial charge in [0.1, 0.15) is 5.82 Å². The fourth-order valence-corrected chi connectivity index (χ4v) is 2.63. The van der Waals surface area contributed by atoms with Crippen LogP contribution in [-0.4, -0.2) is 34.4 Å². The number of nitrogens with one attached hydrogen (secondary N) is 2. The topological polar surface area (TPSA) is 78.1 Å². The van der Waals surface area contributed by atoms with Crippen molar-refractivity contribution in [2.75, 3.05) is 18.9 Å². The van der Waals surface area contributed by atoms with Gasteiger partial charge in [0.05, 0.1) is 6.54 Å². The van der Waals surface area contributed by atoms with Gasteiger partial charge in [-0.05, 0) is 43.1 Å².